The molecule has 0 radical (unpaired) electrons. The second-order valence-electron chi connectivity index (χ2n) is 16.5. The molecule has 4 aliphatic carbocycles. The lowest BCUT2D eigenvalue weighted by Crippen LogP contribution is -2.60. The Morgan fingerprint density at radius 2 is 1.74 bits per heavy atom. The second kappa shape index (κ2) is 11.0. The minimum atomic E-state index is -1.47. The van der Waals surface area contributed by atoms with E-state index in [4.69, 9.17) is 23.7 Å². The Balaban J connectivity index is 1.01. The average Bonchev–Trinajstić information content (AvgIpc) is 3.64. The Kier molecular flexibility index (Phi) is 7.76. The fourth-order valence-electron chi connectivity index (χ4n) is 11.5. The zero-order chi connectivity index (χ0) is 33.4. The van der Waals surface area contributed by atoms with Crippen LogP contribution in [-0.4, -0.2) is 122 Å². The van der Waals surface area contributed by atoms with E-state index in [0.29, 0.717) is 19.4 Å². The topological polar surface area (TPSA) is 188 Å². The molecular weight excluding hydrogens is 612 g/mol. The SMILES string of the molecule is CC1COC2(C)OC3C(C4C(O)CC5C6=CCC7CC(OC8OC(CO)C(O)C(O)C8O)CCC7(C)C6=CCC54C)C(O)OC3C12O. The number of aliphatic hydroxyl groups is 7. The molecule has 7 N–H and O–H groups in total. The highest BCUT2D eigenvalue weighted by molar-refractivity contribution is 5.47. The summed E-state index contributed by atoms with van der Waals surface area (Å²) in [6.07, 6.45) is -0.795. The van der Waals surface area contributed by atoms with Gasteiger partial charge in [0.15, 0.2) is 24.0 Å². The van der Waals surface area contributed by atoms with Crippen LogP contribution in [0.2, 0.25) is 0 Å². The Morgan fingerprint density at radius 3 is 2.49 bits per heavy atom. The second-order valence-corrected chi connectivity index (χ2v) is 16.5. The molecule has 4 saturated heterocycles. The van der Waals surface area contributed by atoms with E-state index in [2.05, 4.69) is 26.0 Å². The number of fused-ring (bicyclic) bond motifs is 8. The van der Waals surface area contributed by atoms with E-state index in [0.717, 1.165) is 25.7 Å². The summed E-state index contributed by atoms with van der Waals surface area (Å²) in [4.78, 5) is 0. The van der Waals surface area contributed by atoms with Gasteiger partial charge in [0.1, 0.15) is 30.5 Å². The number of hydrogen-bond acceptors (Lipinski definition) is 12. The van der Waals surface area contributed by atoms with Gasteiger partial charge >= 0.3 is 0 Å². The molecule has 0 bridgehead atoms. The molecule has 0 aromatic heterocycles. The van der Waals surface area contributed by atoms with Gasteiger partial charge in [0, 0.05) is 17.8 Å². The van der Waals surface area contributed by atoms with E-state index in [-0.39, 0.29) is 40.6 Å². The quantitative estimate of drug-likeness (QED) is 0.221. The molecule has 0 aromatic rings. The Bertz CT molecular complexity index is 1320. The summed E-state index contributed by atoms with van der Waals surface area (Å²) in [5.41, 5.74) is 0.749. The molecule has 0 amide bonds. The summed E-state index contributed by atoms with van der Waals surface area (Å²) < 4.78 is 30.3. The predicted molar refractivity (Wildman–Crippen MR) is 163 cm³/mol. The number of aliphatic hydroxyl groups excluding tert-OH is 6. The fourth-order valence-corrected chi connectivity index (χ4v) is 11.5. The highest BCUT2D eigenvalue weighted by Crippen LogP contribution is 2.67. The van der Waals surface area contributed by atoms with Crippen molar-refractivity contribution in [1.29, 1.82) is 0 Å². The summed E-state index contributed by atoms with van der Waals surface area (Å²) in [5, 5.41) is 75.4. The first-order chi connectivity index (χ1) is 22.2. The highest BCUT2D eigenvalue weighted by atomic mass is 16.8. The molecule has 4 heterocycles. The first kappa shape index (κ1) is 33.2. The van der Waals surface area contributed by atoms with Crippen molar-refractivity contribution in [3.8, 4) is 0 Å². The zero-order valence-corrected chi connectivity index (χ0v) is 27.6. The number of hydrogen-bond donors (Lipinski definition) is 7. The van der Waals surface area contributed by atoms with Crippen LogP contribution in [0.25, 0.3) is 0 Å². The van der Waals surface area contributed by atoms with Crippen molar-refractivity contribution in [2.75, 3.05) is 13.2 Å². The molecule has 8 aliphatic rings. The maximum absolute atomic E-state index is 11.8. The number of rotatable bonds is 4. The van der Waals surface area contributed by atoms with Crippen molar-refractivity contribution in [3.05, 3.63) is 23.3 Å². The van der Waals surface area contributed by atoms with Crippen LogP contribution in [0.1, 0.15) is 66.2 Å². The maximum Gasteiger partial charge on any atom is 0.197 e. The van der Waals surface area contributed by atoms with Crippen LogP contribution < -0.4 is 0 Å². The lowest BCUT2D eigenvalue weighted by atomic mass is 9.51. The predicted octanol–water partition coefficient (Wildman–Crippen LogP) is 0.487. The van der Waals surface area contributed by atoms with Crippen molar-refractivity contribution < 1.29 is 59.4 Å². The van der Waals surface area contributed by atoms with Gasteiger partial charge < -0.3 is 59.4 Å². The third-order valence-corrected chi connectivity index (χ3v) is 14.3. The van der Waals surface area contributed by atoms with Gasteiger partial charge in [-0.15, -0.1) is 0 Å². The molecule has 6 fully saturated rings. The summed E-state index contributed by atoms with van der Waals surface area (Å²) in [6, 6.07) is 0. The van der Waals surface area contributed by atoms with E-state index in [1.54, 1.807) is 6.92 Å². The van der Waals surface area contributed by atoms with Gasteiger partial charge in [-0.2, -0.15) is 0 Å². The van der Waals surface area contributed by atoms with Crippen molar-refractivity contribution in [2.45, 2.75) is 139 Å². The Hall–Kier alpha value is -1.00. The number of allylic oxidation sites excluding steroid dienone is 4. The van der Waals surface area contributed by atoms with Crippen LogP contribution in [0.4, 0.5) is 0 Å². The molecule has 264 valence electrons. The molecule has 19 unspecified atom stereocenters. The minimum Gasteiger partial charge on any atom is -0.394 e. The lowest BCUT2D eigenvalue weighted by molar-refractivity contribution is -0.314. The summed E-state index contributed by atoms with van der Waals surface area (Å²) in [6.45, 7) is 8.04. The standard InChI is InChI=1S/C35H52O12/c1-15-14-43-34(4)35(15,42)29-28(47-34)23(30(41)46-29)24-21(37)12-20-18-6-5-16-11-17(7-9-32(16,2)19(18)8-10-33(20,24)3)44-31-27(40)26(39)25(38)22(13-36)45-31/h6,8,15-17,20-31,36-42H,5,7,9-14H2,1-4H3. The lowest BCUT2D eigenvalue weighted by Gasteiger charge is -2.54. The summed E-state index contributed by atoms with van der Waals surface area (Å²) in [7, 11) is 0. The van der Waals surface area contributed by atoms with Crippen LogP contribution in [0.3, 0.4) is 0 Å². The number of ether oxygens (including phenoxy) is 5. The largest absolute Gasteiger partial charge is 0.394 e. The average molecular weight is 665 g/mol. The first-order valence-corrected chi connectivity index (χ1v) is 17.6. The van der Waals surface area contributed by atoms with Crippen LogP contribution in [-0.2, 0) is 23.7 Å². The van der Waals surface area contributed by atoms with Crippen LogP contribution >= 0.6 is 0 Å². The monoisotopic (exact) mass is 664 g/mol. The molecule has 19 atom stereocenters. The van der Waals surface area contributed by atoms with Gasteiger partial charge in [0.2, 0.25) is 0 Å². The van der Waals surface area contributed by atoms with Crippen molar-refractivity contribution >= 4 is 0 Å². The van der Waals surface area contributed by atoms with Gasteiger partial charge in [-0.05, 0) is 79.3 Å². The van der Waals surface area contributed by atoms with Gasteiger partial charge in [0.25, 0.3) is 0 Å². The molecule has 0 aromatic carbocycles. The third kappa shape index (κ3) is 4.37. The summed E-state index contributed by atoms with van der Waals surface area (Å²) >= 11 is 0. The molecule has 0 spiro atoms. The normalized spacial score (nSPS) is 59.9. The van der Waals surface area contributed by atoms with E-state index >= 15 is 0 Å². The van der Waals surface area contributed by atoms with Crippen LogP contribution in [0.5, 0.6) is 0 Å². The van der Waals surface area contributed by atoms with Crippen molar-refractivity contribution in [1.82, 2.24) is 0 Å². The van der Waals surface area contributed by atoms with E-state index in [1.165, 1.54) is 11.1 Å². The fraction of sp³-hybridized carbons (Fsp3) is 0.886. The highest BCUT2D eigenvalue weighted by Gasteiger charge is 2.76. The van der Waals surface area contributed by atoms with Crippen LogP contribution in [0.15, 0.2) is 23.3 Å². The van der Waals surface area contributed by atoms with Crippen molar-refractivity contribution in [2.24, 2.45) is 40.4 Å². The molecule has 12 heteroatoms. The van der Waals surface area contributed by atoms with Gasteiger partial charge in [-0.1, -0.05) is 32.9 Å². The minimum absolute atomic E-state index is 0.0874. The third-order valence-electron chi connectivity index (χ3n) is 14.3. The van der Waals surface area contributed by atoms with E-state index in [1.807, 2.05) is 6.92 Å². The van der Waals surface area contributed by atoms with Gasteiger partial charge in [-0.3, -0.25) is 0 Å². The van der Waals surface area contributed by atoms with Crippen LogP contribution in [0, 0.1) is 40.4 Å². The smallest absolute Gasteiger partial charge is 0.197 e. The van der Waals surface area contributed by atoms with Crippen molar-refractivity contribution in [3.63, 3.8) is 0 Å². The molecule has 12 nitrogen and oxygen atoms in total. The van der Waals surface area contributed by atoms with E-state index in [9.17, 15) is 35.7 Å². The molecule has 2 saturated carbocycles. The first-order valence-electron chi connectivity index (χ1n) is 17.6. The Labute approximate surface area is 275 Å². The summed E-state index contributed by atoms with van der Waals surface area (Å²) in [5.74, 6) is -1.94. The zero-order valence-electron chi connectivity index (χ0n) is 27.6. The molecule has 4 aliphatic heterocycles. The van der Waals surface area contributed by atoms with E-state index < -0.39 is 79.2 Å². The maximum atomic E-state index is 11.8. The molecular formula is C35H52O12. The molecule has 8 rings (SSSR count). The molecule has 47 heavy (non-hydrogen) atoms. The Morgan fingerprint density at radius 1 is 0.979 bits per heavy atom. The van der Waals surface area contributed by atoms with Gasteiger partial charge in [-0.25, -0.2) is 0 Å². The van der Waals surface area contributed by atoms with Gasteiger partial charge in [0.05, 0.1) is 31.5 Å².